The third-order valence-electron chi connectivity index (χ3n) is 2.36. The van der Waals surface area contributed by atoms with Crippen LogP contribution >= 0.6 is 0 Å². The van der Waals surface area contributed by atoms with E-state index in [0.29, 0.717) is 12.4 Å². The average molecular weight is 245 g/mol. The molecule has 0 unspecified atom stereocenters. The zero-order valence-electron chi connectivity index (χ0n) is 10.4. The van der Waals surface area contributed by atoms with Crippen molar-refractivity contribution in [2.45, 2.75) is 20.4 Å². The highest BCUT2D eigenvalue weighted by Gasteiger charge is 2.03. The van der Waals surface area contributed by atoms with Crippen LogP contribution in [0.1, 0.15) is 18.4 Å². The van der Waals surface area contributed by atoms with Crippen LogP contribution in [0.25, 0.3) is 0 Å². The number of aryl methyl sites for hydroxylation is 1. The first-order chi connectivity index (χ1) is 8.69. The predicted octanol–water partition coefficient (Wildman–Crippen LogP) is 0.822. The van der Waals surface area contributed by atoms with Crippen LogP contribution in [0.3, 0.4) is 0 Å². The summed E-state index contributed by atoms with van der Waals surface area (Å²) in [5, 5.41) is 3.14. The summed E-state index contributed by atoms with van der Waals surface area (Å²) in [6.45, 7) is 5.02. The second-order valence-electron chi connectivity index (χ2n) is 3.89. The van der Waals surface area contributed by atoms with Crippen LogP contribution in [0.4, 0.5) is 5.82 Å². The first-order valence-electron chi connectivity index (χ1n) is 5.78. The standard InChI is InChI=1S/C12H15N5O/c1-3-14-10-6-9(2)15-11(16-10)7-17-8-13-5-4-12(17)18/h4-6,8H,3,7H2,1-2H3,(H,14,15,16). The van der Waals surface area contributed by atoms with Crippen LogP contribution in [0.2, 0.25) is 0 Å². The molecule has 6 nitrogen and oxygen atoms in total. The van der Waals surface area contributed by atoms with Gasteiger partial charge < -0.3 is 5.32 Å². The fourth-order valence-electron chi connectivity index (χ4n) is 1.62. The van der Waals surface area contributed by atoms with Crippen molar-refractivity contribution in [3.8, 4) is 0 Å². The van der Waals surface area contributed by atoms with E-state index in [1.54, 1.807) is 0 Å². The van der Waals surface area contributed by atoms with E-state index in [2.05, 4.69) is 20.3 Å². The van der Waals surface area contributed by atoms with Crippen LogP contribution in [-0.2, 0) is 6.54 Å². The molecule has 0 spiro atoms. The molecule has 0 aliphatic carbocycles. The zero-order chi connectivity index (χ0) is 13.0. The van der Waals surface area contributed by atoms with E-state index in [0.717, 1.165) is 18.1 Å². The van der Waals surface area contributed by atoms with E-state index in [1.165, 1.54) is 23.2 Å². The molecule has 2 rings (SSSR count). The molecule has 2 aromatic heterocycles. The highest BCUT2D eigenvalue weighted by atomic mass is 16.1. The lowest BCUT2D eigenvalue weighted by Gasteiger charge is -2.07. The molecular formula is C12H15N5O. The van der Waals surface area contributed by atoms with Crippen molar-refractivity contribution in [1.29, 1.82) is 0 Å². The number of nitrogens with zero attached hydrogens (tertiary/aromatic N) is 4. The Balaban J connectivity index is 2.29. The van der Waals surface area contributed by atoms with E-state index in [4.69, 9.17) is 0 Å². The topological polar surface area (TPSA) is 72.7 Å². The molecule has 18 heavy (non-hydrogen) atoms. The highest BCUT2D eigenvalue weighted by Crippen LogP contribution is 2.06. The Morgan fingerprint density at radius 2 is 2.22 bits per heavy atom. The molecule has 6 heteroatoms. The van der Waals surface area contributed by atoms with Crippen LogP contribution in [0.15, 0.2) is 29.5 Å². The van der Waals surface area contributed by atoms with Crippen LogP contribution < -0.4 is 10.9 Å². The van der Waals surface area contributed by atoms with Gasteiger partial charge in [-0.15, -0.1) is 0 Å². The third-order valence-corrected chi connectivity index (χ3v) is 2.36. The smallest absolute Gasteiger partial charge is 0.253 e. The van der Waals surface area contributed by atoms with Gasteiger partial charge >= 0.3 is 0 Å². The second kappa shape index (κ2) is 5.39. The Labute approximate surface area is 105 Å². The van der Waals surface area contributed by atoms with Crippen LogP contribution in [0.5, 0.6) is 0 Å². The second-order valence-corrected chi connectivity index (χ2v) is 3.89. The molecular weight excluding hydrogens is 230 g/mol. The van der Waals surface area contributed by atoms with Gasteiger partial charge in [-0.2, -0.15) is 0 Å². The van der Waals surface area contributed by atoms with E-state index in [-0.39, 0.29) is 5.56 Å². The van der Waals surface area contributed by atoms with Crippen molar-refractivity contribution in [2.75, 3.05) is 11.9 Å². The van der Waals surface area contributed by atoms with Gasteiger partial charge in [-0.3, -0.25) is 9.36 Å². The van der Waals surface area contributed by atoms with Crippen molar-refractivity contribution in [3.05, 3.63) is 46.5 Å². The molecule has 0 fully saturated rings. The molecule has 94 valence electrons. The summed E-state index contributed by atoms with van der Waals surface area (Å²) in [6.07, 6.45) is 2.96. The van der Waals surface area contributed by atoms with Gasteiger partial charge in [0.05, 0.1) is 12.9 Å². The minimum atomic E-state index is -0.111. The van der Waals surface area contributed by atoms with Crippen molar-refractivity contribution < 1.29 is 0 Å². The quantitative estimate of drug-likeness (QED) is 0.863. The maximum absolute atomic E-state index is 11.6. The number of nitrogens with one attached hydrogen (secondary N) is 1. The molecule has 1 N–H and O–H groups in total. The van der Waals surface area contributed by atoms with E-state index < -0.39 is 0 Å². The van der Waals surface area contributed by atoms with Crippen LogP contribution in [-0.4, -0.2) is 26.1 Å². The van der Waals surface area contributed by atoms with Crippen molar-refractivity contribution >= 4 is 5.82 Å². The Morgan fingerprint density at radius 1 is 1.39 bits per heavy atom. The van der Waals surface area contributed by atoms with Gasteiger partial charge in [0, 0.05) is 30.6 Å². The van der Waals surface area contributed by atoms with Gasteiger partial charge in [-0.05, 0) is 13.8 Å². The molecule has 0 saturated heterocycles. The van der Waals surface area contributed by atoms with Gasteiger partial charge in [-0.25, -0.2) is 15.0 Å². The highest BCUT2D eigenvalue weighted by molar-refractivity contribution is 5.35. The number of aromatic nitrogens is 4. The van der Waals surface area contributed by atoms with Gasteiger partial charge in [0.15, 0.2) is 5.82 Å². The molecule has 0 saturated carbocycles. The van der Waals surface area contributed by atoms with Crippen molar-refractivity contribution in [3.63, 3.8) is 0 Å². The molecule has 0 radical (unpaired) electrons. The summed E-state index contributed by atoms with van der Waals surface area (Å²) in [5.74, 6) is 1.37. The Hall–Kier alpha value is -2.24. The molecule has 0 aliphatic rings. The first kappa shape index (κ1) is 12.2. The SMILES string of the molecule is CCNc1cc(C)nc(Cn2cnccc2=O)n1. The summed E-state index contributed by atoms with van der Waals surface area (Å²) in [6, 6.07) is 3.29. The largest absolute Gasteiger partial charge is 0.370 e. The molecule has 0 bridgehead atoms. The molecule has 2 heterocycles. The molecule has 0 amide bonds. The summed E-state index contributed by atoms with van der Waals surface area (Å²) in [7, 11) is 0. The Kier molecular flexibility index (Phi) is 3.66. The molecule has 2 aromatic rings. The fraction of sp³-hybridized carbons (Fsp3) is 0.333. The normalized spacial score (nSPS) is 10.3. The summed E-state index contributed by atoms with van der Waals surface area (Å²) in [4.78, 5) is 24.1. The van der Waals surface area contributed by atoms with E-state index >= 15 is 0 Å². The first-order valence-corrected chi connectivity index (χ1v) is 5.78. The van der Waals surface area contributed by atoms with Crippen molar-refractivity contribution in [1.82, 2.24) is 19.5 Å². The summed E-state index contributed by atoms with van der Waals surface area (Å²) >= 11 is 0. The number of rotatable bonds is 4. The molecule has 0 aromatic carbocycles. The minimum Gasteiger partial charge on any atom is -0.370 e. The monoisotopic (exact) mass is 245 g/mol. The lowest BCUT2D eigenvalue weighted by atomic mass is 10.4. The van der Waals surface area contributed by atoms with E-state index in [1.807, 2.05) is 19.9 Å². The van der Waals surface area contributed by atoms with Crippen LogP contribution in [0, 0.1) is 6.92 Å². The molecule has 0 atom stereocenters. The fourth-order valence-corrected chi connectivity index (χ4v) is 1.62. The maximum atomic E-state index is 11.6. The lowest BCUT2D eigenvalue weighted by Crippen LogP contribution is -2.21. The van der Waals surface area contributed by atoms with Gasteiger partial charge in [0.2, 0.25) is 0 Å². The van der Waals surface area contributed by atoms with Gasteiger partial charge in [0.1, 0.15) is 5.82 Å². The zero-order valence-corrected chi connectivity index (χ0v) is 10.4. The number of anilines is 1. The minimum absolute atomic E-state index is 0.111. The molecule has 0 aliphatic heterocycles. The van der Waals surface area contributed by atoms with E-state index in [9.17, 15) is 4.79 Å². The van der Waals surface area contributed by atoms with Gasteiger partial charge in [0.25, 0.3) is 5.56 Å². The Bertz CT molecular complexity index is 593. The average Bonchev–Trinajstić information content (AvgIpc) is 2.32. The summed E-state index contributed by atoms with van der Waals surface area (Å²) in [5.41, 5.74) is 0.757. The maximum Gasteiger partial charge on any atom is 0.253 e. The number of hydrogen-bond acceptors (Lipinski definition) is 5. The summed E-state index contributed by atoms with van der Waals surface area (Å²) < 4.78 is 1.48. The number of hydrogen-bond donors (Lipinski definition) is 1. The predicted molar refractivity (Wildman–Crippen MR) is 68.5 cm³/mol. The van der Waals surface area contributed by atoms with Gasteiger partial charge in [-0.1, -0.05) is 0 Å². The lowest BCUT2D eigenvalue weighted by molar-refractivity contribution is 0.694. The third kappa shape index (κ3) is 2.91. The Morgan fingerprint density at radius 3 is 2.94 bits per heavy atom. The van der Waals surface area contributed by atoms with Crippen molar-refractivity contribution in [2.24, 2.45) is 0 Å².